The molecule has 1 atom stereocenters. The van der Waals surface area contributed by atoms with Crippen molar-refractivity contribution in [1.29, 1.82) is 0 Å². The van der Waals surface area contributed by atoms with Crippen LogP contribution in [0.1, 0.15) is 84.5 Å². The number of esters is 1. The maximum Gasteiger partial charge on any atom is 0.312 e. The molecule has 1 unspecified atom stereocenters. The van der Waals surface area contributed by atoms with E-state index in [1.165, 1.54) is 32.1 Å². The molecule has 2 aliphatic carbocycles. The molecule has 0 aliphatic heterocycles. The zero-order valence-corrected chi connectivity index (χ0v) is 16.5. The first kappa shape index (κ1) is 20.7. The highest BCUT2D eigenvalue weighted by Crippen LogP contribution is 2.42. The Bertz CT molecular complexity index is 381. The van der Waals surface area contributed by atoms with Gasteiger partial charge in [-0.1, -0.05) is 58.8 Å². The predicted molar refractivity (Wildman–Crippen MR) is 101 cm³/mol. The maximum atomic E-state index is 13.0. The zero-order chi connectivity index (χ0) is 18.1. The fourth-order valence-corrected chi connectivity index (χ4v) is 4.87. The van der Waals surface area contributed by atoms with Gasteiger partial charge in [0.2, 0.25) is 0 Å². The molecule has 2 rings (SSSR count). The van der Waals surface area contributed by atoms with Gasteiger partial charge in [-0.2, -0.15) is 0 Å². The first-order valence-electron chi connectivity index (χ1n) is 10.7. The summed E-state index contributed by atoms with van der Waals surface area (Å²) in [5.41, 5.74) is -0.834. The van der Waals surface area contributed by atoms with Crippen LogP contribution in [0.25, 0.3) is 0 Å². The Kier molecular flexibility index (Phi) is 8.71. The van der Waals surface area contributed by atoms with Crippen molar-refractivity contribution in [2.75, 3.05) is 26.2 Å². The molecule has 0 aromatic heterocycles. The summed E-state index contributed by atoms with van der Waals surface area (Å²) in [5.74, 6) is -0.155. The summed E-state index contributed by atoms with van der Waals surface area (Å²) >= 11 is 0. The van der Waals surface area contributed by atoms with Gasteiger partial charge in [0.15, 0.2) is 0 Å². The third-order valence-electron chi connectivity index (χ3n) is 6.47. The minimum absolute atomic E-state index is 0.136. The van der Waals surface area contributed by atoms with Gasteiger partial charge in [-0.3, -0.25) is 4.79 Å². The van der Waals surface area contributed by atoms with Crippen LogP contribution < -0.4 is 0 Å². The van der Waals surface area contributed by atoms with Gasteiger partial charge in [-0.15, -0.1) is 0 Å². The van der Waals surface area contributed by atoms with Gasteiger partial charge < -0.3 is 14.7 Å². The molecule has 0 radical (unpaired) electrons. The fourth-order valence-electron chi connectivity index (χ4n) is 4.87. The van der Waals surface area contributed by atoms with Gasteiger partial charge in [0.1, 0.15) is 6.61 Å². The highest BCUT2D eigenvalue weighted by Gasteiger charge is 2.47. The van der Waals surface area contributed by atoms with Crippen LogP contribution in [0.3, 0.4) is 0 Å². The number of aliphatic hydroxyl groups is 1. The van der Waals surface area contributed by atoms with Gasteiger partial charge >= 0.3 is 5.97 Å². The molecule has 0 aromatic rings. The van der Waals surface area contributed by atoms with Crippen molar-refractivity contribution < 1.29 is 14.6 Å². The summed E-state index contributed by atoms with van der Waals surface area (Å²) < 4.78 is 5.71. The molecule has 4 heteroatoms. The molecule has 0 saturated heterocycles. The number of nitrogens with zero attached hydrogens (tertiary/aromatic N) is 1. The SMILES string of the molecule is CCN(CC)CCOC(=O)C(C1CCCCCC1)C1(O)CCCCC1. The van der Waals surface area contributed by atoms with E-state index in [2.05, 4.69) is 18.7 Å². The van der Waals surface area contributed by atoms with E-state index in [0.717, 1.165) is 58.2 Å². The van der Waals surface area contributed by atoms with Crippen LogP contribution in [0.2, 0.25) is 0 Å². The molecule has 2 fully saturated rings. The monoisotopic (exact) mass is 353 g/mol. The number of hydrogen-bond acceptors (Lipinski definition) is 4. The number of ether oxygens (including phenoxy) is 1. The second-order valence-electron chi connectivity index (χ2n) is 8.09. The summed E-state index contributed by atoms with van der Waals surface area (Å²) in [6.45, 7) is 7.44. The fraction of sp³-hybridized carbons (Fsp3) is 0.952. The summed E-state index contributed by atoms with van der Waals surface area (Å²) in [6.07, 6.45) is 11.8. The molecule has 25 heavy (non-hydrogen) atoms. The molecule has 0 spiro atoms. The van der Waals surface area contributed by atoms with Crippen molar-refractivity contribution >= 4 is 5.97 Å². The Labute approximate surface area is 154 Å². The van der Waals surface area contributed by atoms with Crippen LogP contribution in [0, 0.1) is 11.8 Å². The summed E-state index contributed by atoms with van der Waals surface area (Å²) in [6, 6.07) is 0. The second kappa shape index (κ2) is 10.5. The molecule has 0 heterocycles. The lowest BCUT2D eigenvalue weighted by atomic mass is 9.68. The minimum Gasteiger partial charge on any atom is -0.464 e. The lowest BCUT2D eigenvalue weighted by Crippen LogP contribution is -2.48. The Balaban J connectivity index is 2.03. The molecule has 146 valence electrons. The van der Waals surface area contributed by atoms with E-state index >= 15 is 0 Å². The van der Waals surface area contributed by atoms with Crippen LogP contribution in [0.4, 0.5) is 0 Å². The second-order valence-corrected chi connectivity index (χ2v) is 8.09. The van der Waals surface area contributed by atoms with Crippen molar-refractivity contribution in [2.24, 2.45) is 11.8 Å². The number of hydrogen-bond donors (Lipinski definition) is 1. The van der Waals surface area contributed by atoms with Crippen LogP contribution in [-0.2, 0) is 9.53 Å². The third kappa shape index (κ3) is 5.96. The van der Waals surface area contributed by atoms with Gasteiger partial charge in [0.25, 0.3) is 0 Å². The van der Waals surface area contributed by atoms with Gasteiger partial charge in [0.05, 0.1) is 11.5 Å². The quantitative estimate of drug-likeness (QED) is 0.526. The molecular weight excluding hydrogens is 314 g/mol. The molecule has 1 N–H and O–H groups in total. The third-order valence-corrected chi connectivity index (χ3v) is 6.47. The molecule has 0 aromatic carbocycles. The smallest absolute Gasteiger partial charge is 0.312 e. The zero-order valence-electron chi connectivity index (χ0n) is 16.5. The maximum absolute atomic E-state index is 13.0. The minimum atomic E-state index is -0.834. The van der Waals surface area contributed by atoms with Crippen molar-refractivity contribution in [1.82, 2.24) is 4.90 Å². The largest absolute Gasteiger partial charge is 0.464 e. The van der Waals surface area contributed by atoms with E-state index in [9.17, 15) is 9.90 Å². The number of carbonyl (C=O) groups is 1. The first-order valence-corrected chi connectivity index (χ1v) is 10.7. The Hall–Kier alpha value is -0.610. The van der Waals surface area contributed by atoms with E-state index in [0.29, 0.717) is 12.5 Å². The molecule has 4 nitrogen and oxygen atoms in total. The van der Waals surface area contributed by atoms with Crippen LogP contribution >= 0.6 is 0 Å². The molecule has 2 saturated carbocycles. The van der Waals surface area contributed by atoms with E-state index in [-0.39, 0.29) is 11.9 Å². The Morgan fingerprint density at radius 1 is 1.04 bits per heavy atom. The van der Waals surface area contributed by atoms with Crippen LogP contribution in [0.5, 0.6) is 0 Å². The molecular formula is C21H39NO3. The van der Waals surface area contributed by atoms with Gasteiger partial charge in [0, 0.05) is 6.54 Å². The topological polar surface area (TPSA) is 49.8 Å². The molecule has 0 bridgehead atoms. The average molecular weight is 354 g/mol. The van der Waals surface area contributed by atoms with Gasteiger partial charge in [-0.25, -0.2) is 0 Å². The Morgan fingerprint density at radius 3 is 2.16 bits per heavy atom. The average Bonchev–Trinajstić information content (AvgIpc) is 2.88. The molecule has 0 amide bonds. The van der Waals surface area contributed by atoms with E-state index in [1.807, 2.05) is 0 Å². The van der Waals surface area contributed by atoms with Crippen molar-refractivity contribution in [2.45, 2.75) is 90.1 Å². The highest BCUT2D eigenvalue weighted by molar-refractivity contribution is 5.74. The normalized spacial score (nSPS) is 23.2. The van der Waals surface area contributed by atoms with Crippen molar-refractivity contribution in [3.8, 4) is 0 Å². The highest BCUT2D eigenvalue weighted by atomic mass is 16.5. The Morgan fingerprint density at radius 2 is 1.60 bits per heavy atom. The first-order chi connectivity index (χ1) is 12.1. The number of likely N-dealkylation sites (N-methyl/N-ethyl adjacent to an activating group) is 1. The summed E-state index contributed by atoms with van der Waals surface area (Å²) in [7, 11) is 0. The van der Waals surface area contributed by atoms with Crippen LogP contribution in [0.15, 0.2) is 0 Å². The molecule has 2 aliphatic rings. The lowest BCUT2D eigenvalue weighted by molar-refractivity contribution is -0.167. The number of carbonyl (C=O) groups excluding carboxylic acids is 1. The van der Waals surface area contributed by atoms with Crippen molar-refractivity contribution in [3.63, 3.8) is 0 Å². The standard InChI is InChI=1S/C21H39NO3/c1-3-22(4-2)16-17-25-20(23)19(18-12-8-5-6-9-13-18)21(24)14-10-7-11-15-21/h18-19,24H,3-17H2,1-2H3. The van der Waals surface area contributed by atoms with Gasteiger partial charge in [-0.05, 0) is 44.7 Å². The lowest BCUT2D eigenvalue weighted by Gasteiger charge is -2.41. The number of rotatable bonds is 8. The van der Waals surface area contributed by atoms with Crippen molar-refractivity contribution in [3.05, 3.63) is 0 Å². The van der Waals surface area contributed by atoms with E-state index in [1.54, 1.807) is 0 Å². The van der Waals surface area contributed by atoms with E-state index < -0.39 is 5.60 Å². The predicted octanol–water partition coefficient (Wildman–Crippen LogP) is 4.15. The van der Waals surface area contributed by atoms with Crippen LogP contribution in [-0.4, -0.2) is 47.8 Å². The summed E-state index contributed by atoms with van der Waals surface area (Å²) in [4.78, 5) is 15.3. The van der Waals surface area contributed by atoms with E-state index in [4.69, 9.17) is 4.74 Å². The summed E-state index contributed by atoms with van der Waals surface area (Å²) in [5, 5.41) is 11.3.